The molecule has 1 aliphatic heterocycles. The molecule has 1 aliphatic carbocycles. The molecule has 3 N–H and O–H groups in total. The number of fused-ring (bicyclic) bond motifs is 1. The van der Waals surface area contributed by atoms with E-state index >= 15 is 0 Å². The van der Waals surface area contributed by atoms with Gasteiger partial charge in [0.05, 0.1) is 10.6 Å². The lowest BCUT2D eigenvalue weighted by atomic mass is 10.00. The first kappa shape index (κ1) is 23.2. The first-order valence-corrected chi connectivity index (χ1v) is 12.2. The van der Waals surface area contributed by atoms with Gasteiger partial charge in [0.1, 0.15) is 17.7 Å². The highest BCUT2D eigenvalue weighted by Crippen LogP contribution is 2.42. The van der Waals surface area contributed by atoms with Crippen molar-refractivity contribution in [3.63, 3.8) is 0 Å². The van der Waals surface area contributed by atoms with Gasteiger partial charge in [0.15, 0.2) is 0 Å². The Balaban J connectivity index is 1.59. The number of benzene rings is 1. The minimum atomic E-state index is 0.123. The fourth-order valence-corrected chi connectivity index (χ4v) is 5.28. The van der Waals surface area contributed by atoms with Crippen LogP contribution in [0.5, 0.6) is 5.75 Å². The van der Waals surface area contributed by atoms with Gasteiger partial charge in [-0.2, -0.15) is 0 Å². The predicted molar refractivity (Wildman–Crippen MR) is 135 cm³/mol. The van der Waals surface area contributed by atoms with Crippen molar-refractivity contribution in [3.05, 3.63) is 50.6 Å². The molecular weight excluding hydrogens is 443 g/mol. The summed E-state index contributed by atoms with van der Waals surface area (Å²) in [6.45, 7) is 7.86. The van der Waals surface area contributed by atoms with Crippen LogP contribution >= 0.6 is 23.2 Å². The van der Waals surface area contributed by atoms with Crippen LogP contribution in [0.1, 0.15) is 69.2 Å². The molecule has 5 nitrogen and oxygen atoms in total. The summed E-state index contributed by atoms with van der Waals surface area (Å²) in [4.78, 5) is 4.66. The van der Waals surface area contributed by atoms with E-state index in [0.29, 0.717) is 5.02 Å². The van der Waals surface area contributed by atoms with E-state index in [0.717, 1.165) is 78.6 Å². The zero-order valence-corrected chi connectivity index (χ0v) is 20.6. The van der Waals surface area contributed by atoms with Gasteiger partial charge in [-0.05, 0) is 69.3 Å². The molecule has 0 bridgehead atoms. The molecule has 0 spiro atoms. The normalized spacial score (nSPS) is 21.7. The van der Waals surface area contributed by atoms with Crippen molar-refractivity contribution in [2.24, 2.45) is 10.7 Å². The van der Waals surface area contributed by atoms with E-state index in [1.54, 1.807) is 6.21 Å². The monoisotopic (exact) mass is 474 g/mol. The molecule has 4 rings (SSSR count). The van der Waals surface area contributed by atoms with Gasteiger partial charge in [0, 0.05) is 47.7 Å². The molecule has 1 aromatic carbocycles. The van der Waals surface area contributed by atoms with Gasteiger partial charge >= 0.3 is 0 Å². The number of allylic oxidation sites excluding steroid dienone is 1. The Labute approximate surface area is 200 Å². The summed E-state index contributed by atoms with van der Waals surface area (Å²) in [6, 6.07) is 4.28. The highest BCUT2D eigenvalue weighted by atomic mass is 35.5. The molecule has 7 heteroatoms. The van der Waals surface area contributed by atoms with Crippen LogP contribution in [-0.2, 0) is 13.0 Å². The molecule has 32 heavy (non-hydrogen) atoms. The number of halogens is 2. The largest absolute Gasteiger partial charge is 0.490 e. The van der Waals surface area contributed by atoms with E-state index in [2.05, 4.69) is 27.9 Å². The smallest absolute Gasteiger partial charge is 0.143 e. The van der Waals surface area contributed by atoms with E-state index in [1.807, 2.05) is 26.1 Å². The quantitative estimate of drug-likeness (QED) is 0.473. The number of hydrogen-bond acceptors (Lipinski definition) is 4. The SMILES string of the molecule is C/C=N\c1c(/C(N)=C(\C)CC)c(Cl)cn1C1CCC(Oc2cc(Cl)cc3c2CNCC3)C1. The molecular formula is C25H32Cl2N4O. The van der Waals surface area contributed by atoms with Gasteiger partial charge in [0.2, 0.25) is 0 Å². The highest BCUT2D eigenvalue weighted by Gasteiger charge is 2.31. The van der Waals surface area contributed by atoms with E-state index in [9.17, 15) is 0 Å². The number of aliphatic imine (C=N–C) groups is 1. The Kier molecular flexibility index (Phi) is 7.18. The third-order valence-corrected chi connectivity index (χ3v) is 7.16. The molecule has 2 atom stereocenters. The zero-order chi connectivity index (χ0) is 22.8. The third kappa shape index (κ3) is 4.57. The van der Waals surface area contributed by atoms with Crippen LogP contribution in [0.15, 0.2) is 28.9 Å². The maximum Gasteiger partial charge on any atom is 0.143 e. The number of ether oxygens (including phenoxy) is 1. The number of rotatable bonds is 6. The molecule has 0 amide bonds. The summed E-state index contributed by atoms with van der Waals surface area (Å²) >= 11 is 13.0. The van der Waals surface area contributed by atoms with Gasteiger partial charge in [-0.1, -0.05) is 30.1 Å². The van der Waals surface area contributed by atoms with Gasteiger partial charge < -0.3 is 20.4 Å². The van der Waals surface area contributed by atoms with Crippen molar-refractivity contribution in [1.82, 2.24) is 9.88 Å². The number of hydrogen-bond donors (Lipinski definition) is 2. The summed E-state index contributed by atoms with van der Waals surface area (Å²) in [6.07, 6.45) is 8.62. The summed E-state index contributed by atoms with van der Waals surface area (Å²) in [5.74, 6) is 1.74. The molecule has 2 aromatic rings. The summed E-state index contributed by atoms with van der Waals surface area (Å²) in [5.41, 5.74) is 11.7. The molecule has 1 fully saturated rings. The summed E-state index contributed by atoms with van der Waals surface area (Å²) in [7, 11) is 0. The second kappa shape index (κ2) is 9.90. The number of aromatic nitrogens is 1. The highest BCUT2D eigenvalue weighted by molar-refractivity contribution is 6.33. The second-order valence-corrected chi connectivity index (χ2v) is 9.54. The fraction of sp³-hybridized carbons (Fsp3) is 0.480. The van der Waals surface area contributed by atoms with Crippen LogP contribution < -0.4 is 15.8 Å². The fourth-order valence-electron chi connectivity index (χ4n) is 4.76. The van der Waals surface area contributed by atoms with Crippen LogP contribution in [0.4, 0.5) is 5.82 Å². The lowest BCUT2D eigenvalue weighted by Gasteiger charge is -2.23. The standard InChI is InChI=1S/C25H32Cl2N4O/c1-4-15(3)24(28)23-21(27)14-31(25(23)30-5-2)18-6-7-19(12-18)32-22-11-17(26)10-16-8-9-29-13-20(16)22/h5,10-11,14,18-19,29H,4,6-9,12-13,28H2,1-3H3/b24-15-,30-5-. The molecule has 0 saturated heterocycles. The van der Waals surface area contributed by atoms with E-state index in [-0.39, 0.29) is 12.1 Å². The Bertz CT molecular complexity index is 1060. The molecule has 172 valence electrons. The maximum atomic E-state index is 6.66. The van der Waals surface area contributed by atoms with E-state index < -0.39 is 0 Å². The van der Waals surface area contributed by atoms with Crippen LogP contribution in [0.25, 0.3) is 5.70 Å². The average molecular weight is 475 g/mol. The molecule has 1 saturated carbocycles. The van der Waals surface area contributed by atoms with E-state index in [4.69, 9.17) is 33.7 Å². The number of nitrogens with one attached hydrogen (secondary N) is 1. The lowest BCUT2D eigenvalue weighted by molar-refractivity contribution is 0.201. The van der Waals surface area contributed by atoms with Crippen LogP contribution in [0.2, 0.25) is 10.0 Å². The van der Waals surface area contributed by atoms with Crippen molar-refractivity contribution >= 4 is 40.9 Å². The first-order chi connectivity index (χ1) is 15.4. The Morgan fingerprint density at radius 2 is 2.16 bits per heavy atom. The van der Waals surface area contributed by atoms with Crippen molar-refractivity contribution < 1.29 is 4.74 Å². The van der Waals surface area contributed by atoms with Crippen molar-refractivity contribution in [3.8, 4) is 5.75 Å². The topological polar surface area (TPSA) is 64.6 Å². The summed E-state index contributed by atoms with van der Waals surface area (Å²) in [5, 5.41) is 4.83. The van der Waals surface area contributed by atoms with Gasteiger partial charge in [0.25, 0.3) is 0 Å². The lowest BCUT2D eigenvalue weighted by Crippen LogP contribution is -2.25. The van der Waals surface area contributed by atoms with E-state index in [1.165, 1.54) is 11.1 Å². The number of nitrogens with two attached hydrogens (primary N) is 1. The Morgan fingerprint density at radius 1 is 1.34 bits per heavy atom. The maximum absolute atomic E-state index is 6.66. The van der Waals surface area contributed by atoms with Crippen LogP contribution in [-0.4, -0.2) is 23.4 Å². The van der Waals surface area contributed by atoms with Crippen molar-refractivity contribution in [1.29, 1.82) is 0 Å². The minimum absolute atomic E-state index is 0.123. The molecule has 2 heterocycles. The van der Waals surface area contributed by atoms with Crippen LogP contribution in [0, 0.1) is 0 Å². The molecule has 0 radical (unpaired) electrons. The number of nitrogens with zero attached hydrogens (tertiary/aromatic N) is 2. The summed E-state index contributed by atoms with van der Waals surface area (Å²) < 4.78 is 8.69. The molecule has 2 aliphatic rings. The molecule has 2 unspecified atom stereocenters. The average Bonchev–Trinajstić information content (AvgIpc) is 3.37. The van der Waals surface area contributed by atoms with Gasteiger partial charge in [-0.3, -0.25) is 0 Å². The second-order valence-electron chi connectivity index (χ2n) is 8.69. The van der Waals surface area contributed by atoms with Crippen molar-refractivity contribution in [2.75, 3.05) is 6.54 Å². The van der Waals surface area contributed by atoms with Crippen molar-refractivity contribution in [2.45, 2.75) is 71.6 Å². The molecule has 1 aromatic heterocycles. The first-order valence-electron chi connectivity index (χ1n) is 11.5. The minimum Gasteiger partial charge on any atom is -0.490 e. The Morgan fingerprint density at radius 3 is 2.91 bits per heavy atom. The third-order valence-electron chi connectivity index (χ3n) is 6.65. The van der Waals surface area contributed by atoms with Gasteiger partial charge in [-0.25, -0.2) is 4.99 Å². The zero-order valence-electron chi connectivity index (χ0n) is 19.0. The predicted octanol–water partition coefficient (Wildman–Crippen LogP) is 6.44. The Hall–Kier alpha value is -1.95. The van der Waals surface area contributed by atoms with Gasteiger partial charge in [-0.15, -0.1) is 0 Å². The van der Waals surface area contributed by atoms with Crippen LogP contribution in [0.3, 0.4) is 0 Å².